The third-order valence-electron chi connectivity index (χ3n) is 4.15. The van der Waals surface area contributed by atoms with E-state index in [1.165, 1.54) is 12.1 Å². The first-order valence-electron chi connectivity index (χ1n) is 8.36. The number of carbonyl (C=O) groups excluding carboxylic acids is 1. The Morgan fingerprint density at radius 2 is 1.96 bits per heavy atom. The van der Waals surface area contributed by atoms with E-state index in [9.17, 15) is 14.9 Å². The van der Waals surface area contributed by atoms with E-state index in [4.69, 9.17) is 4.74 Å². The Labute approximate surface area is 146 Å². The third-order valence-corrected chi connectivity index (χ3v) is 4.15. The van der Waals surface area contributed by atoms with Crippen LogP contribution in [-0.4, -0.2) is 28.4 Å². The standard InChI is InChI=1S/C19H20N2O4/c1-2-25-18-11-8-15(12-17(18)21(23)24)19(22)20(16-9-10-16)13-14-6-4-3-5-7-14/h3-8,11-12,16H,2,9-10,13H2,1H3. The number of nitrogens with zero attached hydrogens (tertiary/aromatic N) is 2. The van der Waals surface area contributed by atoms with Gasteiger partial charge >= 0.3 is 5.69 Å². The normalized spacial score (nSPS) is 13.3. The Morgan fingerprint density at radius 3 is 2.56 bits per heavy atom. The molecule has 2 aromatic carbocycles. The Balaban J connectivity index is 1.87. The first kappa shape index (κ1) is 17.0. The van der Waals surface area contributed by atoms with Crippen LogP contribution in [0.15, 0.2) is 48.5 Å². The van der Waals surface area contributed by atoms with E-state index >= 15 is 0 Å². The van der Waals surface area contributed by atoms with Crippen LogP contribution in [0, 0.1) is 10.1 Å². The summed E-state index contributed by atoms with van der Waals surface area (Å²) in [4.78, 5) is 25.5. The summed E-state index contributed by atoms with van der Waals surface area (Å²) in [5, 5.41) is 11.3. The summed E-state index contributed by atoms with van der Waals surface area (Å²) in [5.74, 6) is 0.00239. The van der Waals surface area contributed by atoms with Crippen molar-refractivity contribution < 1.29 is 14.5 Å². The zero-order valence-electron chi connectivity index (χ0n) is 14.1. The fourth-order valence-electron chi connectivity index (χ4n) is 2.77. The first-order chi connectivity index (χ1) is 12.1. The highest BCUT2D eigenvalue weighted by atomic mass is 16.6. The van der Waals surface area contributed by atoms with Gasteiger partial charge in [0.05, 0.1) is 11.5 Å². The van der Waals surface area contributed by atoms with Crippen molar-refractivity contribution in [2.75, 3.05) is 6.61 Å². The number of amides is 1. The lowest BCUT2D eigenvalue weighted by Gasteiger charge is -2.23. The van der Waals surface area contributed by atoms with Crippen molar-refractivity contribution >= 4 is 11.6 Å². The summed E-state index contributed by atoms with van der Waals surface area (Å²) in [6.45, 7) is 2.60. The average molecular weight is 340 g/mol. The van der Waals surface area contributed by atoms with Gasteiger partial charge < -0.3 is 9.64 Å². The van der Waals surface area contributed by atoms with Crippen LogP contribution in [0.3, 0.4) is 0 Å². The monoisotopic (exact) mass is 340 g/mol. The summed E-state index contributed by atoms with van der Waals surface area (Å²) in [6.07, 6.45) is 1.94. The first-order valence-corrected chi connectivity index (χ1v) is 8.36. The van der Waals surface area contributed by atoms with Crippen molar-refractivity contribution in [2.24, 2.45) is 0 Å². The molecule has 1 amide bonds. The van der Waals surface area contributed by atoms with Crippen molar-refractivity contribution in [1.82, 2.24) is 4.90 Å². The summed E-state index contributed by atoms with van der Waals surface area (Å²) >= 11 is 0. The SMILES string of the molecule is CCOc1ccc(C(=O)N(Cc2ccccc2)C2CC2)cc1[N+](=O)[O-]. The second-order valence-corrected chi connectivity index (χ2v) is 6.02. The van der Waals surface area contributed by atoms with E-state index in [1.807, 2.05) is 30.3 Å². The van der Waals surface area contributed by atoms with Crippen molar-refractivity contribution in [3.05, 3.63) is 69.8 Å². The van der Waals surface area contributed by atoms with E-state index in [0.29, 0.717) is 18.7 Å². The molecule has 1 saturated carbocycles. The average Bonchev–Trinajstić information content (AvgIpc) is 3.45. The summed E-state index contributed by atoms with van der Waals surface area (Å²) < 4.78 is 5.28. The molecule has 1 aliphatic carbocycles. The van der Waals surface area contributed by atoms with Crippen molar-refractivity contribution in [3.63, 3.8) is 0 Å². The van der Waals surface area contributed by atoms with E-state index in [-0.39, 0.29) is 23.4 Å². The maximum absolute atomic E-state index is 12.9. The minimum atomic E-state index is -0.513. The zero-order valence-corrected chi connectivity index (χ0v) is 14.1. The van der Waals surface area contributed by atoms with Gasteiger partial charge in [0.25, 0.3) is 5.91 Å². The van der Waals surface area contributed by atoms with Gasteiger partial charge in [-0.15, -0.1) is 0 Å². The molecule has 2 aromatic rings. The lowest BCUT2D eigenvalue weighted by molar-refractivity contribution is -0.385. The molecule has 0 spiro atoms. The van der Waals surface area contributed by atoms with Crippen molar-refractivity contribution in [1.29, 1.82) is 0 Å². The fourth-order valence-corrected chi connectivity index (χ4v) is 2.77. The molecule has 0 N–H and O–H groups in total. The Hall–Kier alpha value is -2.89. The largest absolute Gasteiger partial charge is 0.487 e. The molecule has 0 radical (unpaired) electrons. The topological polar surface area (TPSA) is 72.7 Å². The predicted molar refractivity (Wildman–Crippen MR) is 93.6 cm³/mol. The molecular formula is C19H20N2O4. The minimum Gasteiger partial charge on any atom is -0.487 e. The molecule has 0 atom stereocenters. The van der Waals surface area contributed by atoms with E-state index in [2.05, 4.69) is 0 Å². The van der Waals surface area contributed by atoms with Crippen molar-refractivity contribution in [2.45, 2.75) is 32.4 Å². The molecule has 25 heavy (non-hydrogen) atoms. The smallest absolute Gasteiger partial charge is 0.311 e. The number of hydrogen-bond donors (Lipinski definition) is 0. The molecule has 0 saturated heterocycles. The van der Waals surface area contributed by atoms with Crippen LogP contribution in [0.5, 0.6) is 5.75 Å². The van der Waals surface area contributed by atoms with Gasteiger partial charge in [0, 0.05) is 24.2 Å². The number of nitro benzene ring substituents is 1. The molecule has 1 aliphatic rings. The molecule has 6 nitrogen and oxygen atoms in total. The second-order valence-electron chi connectivity index (χ2n) is 6.02. The summed E-state index contributed by atoms with van der Waals surface area (Å²) in [5.41, 5.74) is 1.18. The van der Waals surface area contributed by atoms with Gasteiger partial charge in [0.2, 0.25) is 0 Å². The lowest BCUT2D eigenvalue weighted by atomic mass is 10.1. The quantitative estimate of drug-likeness (QED) is 0.568. The second kappa shape index (κ2) is 7.34. The van der Waals surface area contributed by atoms with Crippen LogP contribution in [0.1, 0.15) is 35.7 Å². The Kier molecular flexibility index (Phi) is 4.97. The van der Waals surface area contributed by atoms with Gasteiger partial charge in [-0.05, 0) is 37.5 Å². The predicted octanol–water partition coefficient (Wildman–Crippen LogP) is 3.80. The number of rotatable bonds is 7. The van der Waals surface area contributed by atoms with Crippen LogP contribution in [-0.2, 0) is 6.54 Å². The molecule has 1 fully saturated rings. The van der Waals surface area contributed by atoms with Gasteiger partial charge in [0.15, 0.2) is 5.75 Å². The summed E-state index contributed by atoms with van der Waals surface area (Å²) in [7, 11) is 0. The number of benzene rings is 2. The van der Waals surface area contributed by atoms with Gasteiger partial charge in [-0.25, -0.2) is 0 Å². The van der Waals surface area contributed by atoms with E-state index in [1.54, 1.807) is 17.9 Å². The highest BCUT2D eigenvalue weighted by molar-refractivity contribution is 5.95. The maximum atomic E-state index is 12.9. The minimum absolute atomic E-state index is 0.178. The van der Waals surface area contributed by atoms with Crippen LogP contribution in [0.25, 0.3) is 0 Å². The molecule has 0 aliphatic heterocycles. The molecule has 0 bridgehead atoms. The van der Waals surface area contributed by atoms with Gasteiger partial charge in [-0.1, -0.05) is 30.3 Å². The van der Waals surface area contributed by atoms with Gasteiger partial charge in [0.1, 0.15) is 0 Å². The summed E-state index contributed by atoms with van der Waals surface area (Å²) in [6, 6.07) is 14.4. The Bertz CT molecular complexity index is 772. The highest BCUT2D eigenvalue weighted by Gasteiger charge is 2.33. The highest BCUT2D eigenvalue weighted by Crippen LogP contribution is 2.32. The molecule has 0 aromatic heterocycles. The Morgan fingerprint density at radius 1 is 1.24 bits per heavy atom. The number of hydrogen-bond acceptors (Lipinski definition) is 4. The molecule has 0 heterocycles. The fraction of sp³-hybridized carbons (Fsp3) is 0.316. The van der Waals surface area contributed by atoms with Crippen LogP contribution >= 0.6 is 0 Å². The van der Waals surface area contributed by atoms with Gasteiger partial charge in [-0.2, -0.15) is 0 Å². The number of ether oxygens (including phenoxy) is 1. The molecule has 0 unspecified atom stereocenters. The van der Waals surface area contributed by atoms with Crippen LogP contribution in [0.4, 0.5) is 5.69 Å². The molecule has 3 rings (SSSR count). The van der Waals surface area contributed by atoms with Crippen LogP contribution < -0.4 is 4.74 Å². The zero-order chi connectivity index (χ0) is 17.8. The van der Waals surface area contributed by atoms with E-state index < -0.39 is 4.92 Å². The van der Waals surface area contributed by atoms with Gasteiger partial charge in [-0.3, -0.25) is 14.9 Å². The number of carbonyl (C=O) groups is 1. The molecular weight excluding hydrogens is 320 g/mol. The molecule has 6 heteroatoms. The third kappa shape index (κ3) is 3.96. The van der Waals surface area contributed by atoms with Crippen LogP contribution in [0.2, 0.25) is 0 Å². The number of nitro groups is 1. The van der Waals surface area contributed by atoms with Crippen molar-refractivity contribution in [3.8, 4) is 5.75 Å². The molecule has 130 valence electrons. The maximum Gasteiger partial charge on any atom is 0.311 e. The lowest BCUT2D eigenvalue weighted by Crippen LogP contribution is -2.32. The van der Waals surface area contributed by atoms with E-state index in [0.717, 1.165) is 18.4 Å².